The zero-order valence-corrected chi connectivity index (χ0v) is 23.5. The van der Waals surface area contributed by atoms with E-state index in [1.165, 1.54) is 6.26 Å². The molecule has 0 saturated heterocycles. The predicted octanol–water partition coefficient (Wildman–Crippen LogP) is 4.36. The number of nitrogens with zero attached hydrogens (tertiary/aromatic N) is 3. The maximum atomic E-state index is 11.9. The van der Waals surface area contributed by atoms with Crippen LogP contribution in [0, 0.1) is 5.92 Å². The minimum absolute atomic E-state index is 0.0707. The molecule has 2 atom stereocenters. The summed E-state index contributed by atoms with van der Waals surface area (Å²) in [5.74, 6) is 1.74. The van der Waals surface area contributed by atoms with Crippen LogP contribution in [0.15, 0.2) is 60.9 Å². The molecular weight excluding hydrogens is 512 g/mol. The molecule has 0 amide bonds. The zero-order valence-electron chi connectivity index (χ0n) is 22.6. The van der Waals surface area contributed by atoms with Crippen LogP contribution >= 0.6 is 0 Å². The fourth-order valence-electron chi connectivity index (χ4n) is 5.27. The van der Waals surface area contributed by atoms with Gasteiger partial charge in [-0.1, -0.05) is 36.8 Å². The second-order valence-electron chi connectivity index (χ2n) is 10.4. The van der Waals surface area contributed by atoms with Gasteiger partial charge in [0.05, 0.1) is 17.3 Å². The van der Waals surface area contributed by atoms with Gasteiger partial charge in [0, 0.05) is 24.7 Å². The molecule has 2 aromatic carbocycles. The summed E-state index contributed by atoms with van der Waals surface area (Å²) in [5, 5.41) is 4.44. The molecule has 39 heavy (non-hydrogen) atoms. The van der Waals surface area contributed by atoms with Gasteiger partial charge >= 0.3 is 0 Å². The molecule has 4 aromatic rings. The van der Waals surface area contributed by atoms with E-state index in [1.807, 2.05) is 44.4 Å². The van der Waals surface area contributed by atoms with Gasteiger partial charge in [-0.3, -0.25) is 0 Å². The van der Waals surface area contributed by atoms with Gasteiger partial charge in [0.15, 0.2) is 0 Å². The van der Waals surface area contributed by atoms with Gasteiger partial charge in [0.1, 0.15) is 30.1 Å². The zero-order chi connectivity index (χ0) is 27.4. The molecule has 0 radical (unpaired) electrons. The summed E-state index contributed by atoms with van der Waals surface area (Å²) in [5.41, 5.74) is 4.79. The van der Waals surface area contributed by atoms with Crippen molar-refractivity contribution >= 4 is 26.9 Å². The number of aromatic amines is 1. The van der Waals surface area contributed by atoms with Gasteiger partial charge in [-0.15, -0.1) is 0 Å². The number of hydrogen-bond donors (Lipinski definition) is 3. The highest BCUT2D eigenvalue weighted by atomic mass is 32.2. The third-order valence-electron chi connectivity index (χ3n) is 7.16. The molecule has 2 heterocycles. The first-order valence-corrected chi connectivity index (χ1v) is 15.2. The summed E-state index contributed by atoms with van der Waals surface area (Å²) in [6, 6.07) is 18.3. The van der Waals surface area contributed by atoms with E-state index >= 15 is 0 Å². The van der Waals surface area contributed by atoms with E-state index in [-0.39, 0.29) is 12.0 Å². The number of benzene rings is 2. The lowest BCUT2D eigenvalue weighted by Crippen LogP contribution is -2.39. The van der Waals surface area contributed by atoms with E-state index in [4.69, 9.17) is 4.74 Å². The van der Waals surface area contributed by atoms with Crippen LogP contribution in [0.5, 0.6) is 5.75 Å². The van der Waals surface area contributed by atoms with E-state index in [9.17, 15) is 8.42 Å². The highest BCUT2D eigenvalue weighted by Gasteiger charge is 2.30. The van der Waals surface area contributed by atoms with E-state index < -0.39 is 10.0 Å². The van der Waals surface area contributed by atoms with Crippen LogP contribution in [0.3, 0.4) is 0 Å². The summed E-state index contributed by atoms with van der Waals surface area (Å²) in [6.07, 6.45) is 5.58. The number of aromatic nitrogens is 3. The Hall–Kier alpha value is -3.47. The van der Waals surface area contributed by atoms with Crippen molar-refractivity contribution in [1.29, 1.82) is 0 Å². The number of H-pyrrole nitrogens is 1. The van der Waals surface area contributed by atoms with Crippen LogP contribution in [-0.4, -0.2) is 74.4 Å². The van der Waals surface area contributed by atoms with E-state index in [0.29, 0.717) is 13.2 Å². The first kappa shape index (κ1) is 27.1. The lowest BCUT2D eigenvalue weighted by Gasteiger charge is -2.21. The largest absolute Gasteiger partial charge is 0.492 e. The molecule has 0 aliphatic heterocycles. The summed E-state index contributed by atoms with van der Waals surface area (Å²) in [7, 11) is 0.792. The normalized spacial score (nSPS) is 17.6. The Labute approximate surface area is 230 Å². The molecule has 5 rings (SSSR count). The molecule has 1 aliphatic rings. The Morgan fingerprint density at radius 1 is 1.03 bits per heavy atom. The van der Waals surface area contributed by atoms with Crippen LogP contribution in [0.4, 0.5) is 5.82 Å². The average molecular weight is 549 g/mol. The topological polar surface area (TPSA) is 112 Å². The lowest BCUT2D eigenvalue weighted by atomic mass is 9.98. The standard InChI is InChI=1S/C29H36N6O3S/c1-35(2)16-17-38-23-14-12-21(13-15-23)27-25(20-8-5-4-6-9-20)26-28(31-19-32-29(26)33-27)30-18-22-10-7-11-24(22)34-39(3,36)37/h4-6,8-9,12-15,19,22,24,34H,7,10-11,16-18H2,1-3H3,(H2,30,31,32,33). The van der Waals surface area contributed by atoms with Crippen LogP contribution in [0.1, 0.15) is 19.3 Å². The van der Waals surface area contributed by atoms with Gasteiger partial charge in [0.25, 0.3) is 0 Å². The van der Waals surface area contributed by atoms with Crippen LogP contribution in [0.25, 0.3) is 33.4 Å². The van der Waals surface area contributed by atoms with E-state index in [1.54, 1.807) is 6.33 Å². The highest BCUT2D eigenvalue weighted by molar-refractivity contribution is 7.88. The number of likely N-dealkylation sites (N-methyl/N-ethyl adjacent to an activating group) is 1. The van der Waals surface area contributed by atoms with Crippen molar-refractivity contribution in [3.63, 3.8) is 0 Å². The first-order valence-electron chi connectivity index (χ1n) is 13.3. The molecular formula is C29H36N6O3S. The van der Waals surface area contributed by atoms with Crippen molar-refractivity contribution in [3.8, 4) is 28.1 Å². The first-order chi connectivity index (χ1) is 18.8. The monoisotopic (exact) mass is 548 g/mol. The van der Waals surface area contributed by atoms with Crippen molar-refractivity contribution in [3.05, 3.63) is 60.9 Å². The van der Waals surface area contributed by atoms with Gasteiger partial charge in [-0.2, -0.15) is 0 Å². The van der Waals surface area contributed by atoms with Crippen LogP contribution in [0.2, 0.25) is 0 Å². The number of anilines is 1. The summed E-state index contributed by atoms with van der Waals surface area (Å²) >= 11 is 0. The molecule has 0 spiro atoms. The second-order valence-corrected chi connectivity index (χ2v) is 12.2. The summed E-state index contributed by atoms with van der Waals surface area (Å²) < 4.78 is 32.4. The quantitative estimate of drug-likeness (QED) is 0.255. The van der Waals surface area contributed by atoms with Crippen molar-refractivity contribution < 1.29 is 13.2 Å². The van der Waals surface area contributed by atoms with Gasteiger partial charge in [-0.25, -0.2) is 23.1 Å². The Morgan fingerprint density at radius 3 is 2.51 bits per heavy atom. The molecule has 1 saturated carbocycles. The van der Waals surface area contributed by atoms with Crippen molar-refractivity contribution in [2.75, 3.05) is 45.4 Å². The van der Waals surface area contributed by atoms with Gasteiger partial charge in [-0.05, 0) is 68.2 Å². The molecule has 9 nitrogen and oxygen atoms in total. The van der Waals surface area contributed by atoms with E-state index in [2.05, 4.69) is 54.2 Å². The van der Waals surface area contributed by atoms with Crippen LogP contribution in [-0.2, 0) is 10.0 Å². The fraction of sp³-hybridized carbons (Fsp3) is 0.379. The molecule has 10 heteroatoms. The lowest BCUT2D eigenvalue weighted by molar-refractivity contribution is 0.261. The SMILES string of the molecule is CN(C)CCOc1ccc(-c2[nH]c3ncnc(NCC4CCCC4NS(C)(=O)=O)c3c2-c2ccccc2)cc1. The molecule has 0 bridgehead atoms. The third-order valence-corrected chi connectivity index (χ3v) is 7.89. The molecule has 3 N–H and O–H groups in total. The second kappa shape index (κ2) is 11.7. The highest BCUT2D eigenvalue weighted by Crippen LogP contribution is 2.41. The average Bonchev–Trinajstić information content (AvgIpc) is 3.51. The maximum Gasteiger partial charge on any atom is 0.208 e. The van der Waals surface area contributed by atoms with Gasteiger partial charge < -0.3 is 19.9 Å². The van der Waals surface area contributed by atoms with Gasteiger partial charge in [0.2, 0.25) is 10.0 Å². The number of fused-ring (bicyclic) bond motifs is 1. The van der Waals surface area contributed by atoms with E-state index in [0.717, 1.165) is 70.8 Å². The molecule has 2 unspecified atom stereocenters. The summed E-state index contributed by atoms with van der Waals surface area (Å²) in [6.45, 7) is 2.09. The Kier molecular flexibility index (Phi) is 8.15. The van der Waals surface area contributed by atoms with Crippen LogP contribution < -0.4 is 14.8 Å². The number of nitrogens with one attached hydrogen (secondary N) is 3. The minimum atomic E-state index is -3.26. The maximum absolute atomic E-state index is 11.9. The number of hydrogen-bond acceptors (Lipinski definition) is 7. The molecule has 2 aromatic heterocycles. The minimum Gasteiger partial charge on any atom is -0.492 e. The molecule has 206 valence electrons. The molecule has 1 fully saturated rings. The summed E-state index contributed by atoms with van der Waals surface area (Å²) in [4.78, 5) is 14.8. The third kappa shape index (κ3) is 6.58. The number of ether oxygens (including phenoxy) is 1. The Morgan fingerprint density at radius 2 is 1.79 bits per heavy atom. The van der Waals surface area contributed by atoms with Crippen molar-refractivity contribution in [2.24, 2.45) is 5.92 Å². The number of rotatable bonds is 11. The Bertz CT molecular complexity index is 1500. The number of sulfonamides is 1. The predicted molar refractivity (Wildman–Crippen MR) is 156 cm³/mol. The smallest absolute Gasteiger partial charge is 0.208 e. The fourth-order valence-corrected chi connectivity index (χ4v) is 6.13. The van der Waals surface area contributed by atoms with Crippen molar-refractivity contribution in [2.45, 2.75) is 25.3 Å². The molecule has 1 aliphatic carbocycles. The Balaban J connectivity index is 1.47. The van der Waals surface area contributed by atoms with Crippen molar-refractivity contribution in [1.82, 2.24) is 24.6 Å².